The fourth-order valence-corrected chi connectivity index (χ4v) is 3.17. The van der Waals surface area contributed by atoms with Crippen molar-refractivity contribution in [2.24, 2.45) is 0 Å². The molecule has 0 fully saturated rings. The van der Waals surface area contributed by atoms with Gasteiger partial charge in [-0.1, -0.05) is 48.5 Å². The van der Waals surface area contributed by atoms with Crippen LogP contribution in [0.25, 0.3) is 28.1 Å². The summed E-state index contributed by atoms with van der Waals surface area (Å²) in [6, 6.07) is 21.5. The second-order valence-electron chi connectivity index (χ2n) is 6.04. The number of benzene rings is 2. The van der Waals surface area contributed by atoms with Gasteiger partial charge < -0.3 is 4.42 Å². The van der Waals surface area contributed by atoms with E-state index in [1.165, 1.54) is 0 Å². The Kier molecular flexibility index (Phi) is 4.20. The van der Waals surface area contributed by atoms with Gasteiger partial charge in [0.1, 0.15) is 5.76 Å². The minimum Gasteiger partial charge on any atom is -0.465 e. The average Bonchev–Trinajstić information content (AvgIpc) is 3.19. The number of nitrogens with zero attached hydrogens (tertiary/aromatic N) is 1. The Morgan fingerprint density at radius 2 is 1.73 bits per heavy atom. The lowest BCUT2D eigenvalue weighted by atomic mass is 9.92. The number of furan rings is 1. The zero-order valence-electron chi connectivity index (χ0n) is 14.3. The predicted octanol–water partition coefficient (Wildman–Crippen LogP) is 5.70. The number of pyridine rings is 1. The van der Waals surface area contributed by atoms with Crippen LogP contribution in [0, 0.1) is 6.92 Å². The average molecular weight is 339 g/mol. The molecular formula is C23H17NO2. The Labute approximate surface area is 151 Å². The molecule has 0 saturated carbocycles. The van der Waals surface area contributed by atoms with Gasteiger partial charge in [0.25, 0.3) is 0 Å². The Balaban J connectivity index is 1.93. The topological polar surface area (TPSA) is 43.1 Å². The highest BCUT2D eigenvalue weighted by Crippen LogP contribution is 2.33. The zero-order valence-corrected chi connectivity index (χ0v) is 14.3. The number of aryl methyl sites for hydroxylation is 1. The van der Waals surface area contributed by atoms with Crippen molar-refractivity contribution in [2.45, 2.75) is 6.92 Å². The Hall–Kier alpha value is -3.46. The van der Waals surface area contributed by atoms with Crippen molar-refractivity contribution in [2.75, 3.05) is 0 Å². The number of fused-ring (bicyclic) bond motifs is 1. The number of allylic oxidation sites excluding steroid dienone is 1. The number of carbonyl (C=O) groups excluding carboxylic acids is 1. The first kappa shape index (κ1) is 16.0. The molecule has 0 atom stereocenters. The molecule has 2 aromatic heterocycles. The molecule has 0 aliphatic carbocycles. The third-order valence-corrected chi connectivity index (χ3v) is 4.32. The normalized spacial score (nSPS) is 11.3. The summed E-state index contributed by atoms with van der Waals surface area (Å²) in [5.41, 5.74) is 4.15. The Morgan fingerprint density at radius 3 is 2.50 bits per heavy atom. The Morgan fingerprint density at radius 1 is 0.962 bits per heavy atom. The van der Waals surface area contributed by atoms with Crippen LogP contribution in [0.2, 0.25) is 0 Å². The lowest BCUT2D eigenvalue weighted by Crippen LogP contribution is -2.05. The van der Waals surface area contributed by atoms with Crippen LogP contribution in [-0.2, 0) is 0 Å². The molecule has 3 nitrogen and oxygen atoms in total. The number of aromatic nitrogens is 1. The fraction of sp³-hybridized carbons (Fsp3) is 0.0435. The van der Waals surface area contributed by atoms with Crippen molar-refractivity contribution in [3.8, 4) is 11.1 Å². The van der Waals surface area contributed by atoms with E-state index in [0.29, 0.717) is 11.3 Å². The molecule has 26 heavy (non-hydrogen) atoms. The van der Waals surface area contributed by atoms with E-state index >= 15 is 0 Å². The molecule has 2 heterocycles. The SMILES string of the molecule is Cc1nc2ccccc2c(-c2ccccc2)c1C(=O)C=Cc1ccco1. The van der Waals surface area contributed by atoms with Crippen molar-refractivity contribution in [1.82, 2.24) is 4.98 Å². The molecule has 0 N–H and O–H groups in total. The van der Waals surface area contributed by atoms with Crippen molar-refractivity contribution < 1.29 is 9.21 Å². The van der Waals surface area contributed by atoms with Gasteiger partial charge in [-0.2, -0.15) is 0 Å². The molecule has 0 amide bonds. The smallest absolute Gasteiger partial charge is 0.188 e. The van der Waals surface area contributed by atoms with Gasteiger partial charge in [-0.3, -0.25) is 9.78 Å². The van der Waals surface area contributed by atoms with Gasteiger partial charge in [-0.05, 0) is 42.8 Å². The monoisotopic (exact) mass is 339 g/mol. The summed E-state index contributed by atoms with van der Waals surface area (Å²) in [4.78, 5) is 17.7. The van der Waals surface area contributed by atoms with Gasteiger partial charge >= 0.3 is 0 Å². The fourth-order valence-electron chi connectivity index (χ4n) is 3.17. The molecule has 0 aliphatic heterocycles. The second-order valence-corrected chi connectivity index (χ2v) is 6.04. The lowest BCUT2D eigenvalue weighted by molar-refractivity contribution is 0.104. The number of hydrogen-bond acceptors (Lipinski definition) is 3. The summed E-state index contributed by atoms with van der Waals surface area (Å²) >= 11 is 0. The standard InChI is InChI=1S/C23H17NO2/c1-16-22(21(25)14-13-18-10-7-15-26-18)23(17-8-3-2-4-9-17)19-11-5-6-12-20(19)24-16/h2-15H,1H3. The van der Waals surface area contributed by atoms with Crippen LogP contribution < -0.4 is 0 Å². The third kappa shape index (κ3) is 2.95. The van der Waals surface area contributed by atoms with E-state index in [2.05, 4.69) is 4.98 Å². The molecule has 0 saturated heterocycles. The maximum Gasteiger partial charge on any atom is 0.188 e. The molecule has 0 spiro atoms. The minimum atomic E-state index is -0.0870. The van der Waals surface area contributed by atoms with Crippen molar-refractivity contribution in [3.05, 3.63) is 96.1 Å². The maximum absolute atomic E-state index is 13.0. The van der Waals surface area contributed by atoms with Crippen LogP contribution >= 0.6 is 0 Å². The summed E-state index contributed by atoms with van der Waals surface area (Å²) in [5, 5.41) is 0.971. The molecule has 4 aromatic rings. The van der Waals surface area contributed by atoms with Gasteiger partial charge in [0.2, 0.25) is 0 Å². The molecule has 3 heteroatoms. The van der Waals surface area contributed by atoms with Crippen LogP contribution in [0.3, 0.4) is 0 Å². The highest BCUT2D eigenvalue weighted by Gasteiger charge is 2.18. The first-order valence-corrected chi connectivity index (χ1v) is 8.45. The number of para-hydroxylation sites is 1. The number of rotatable bonds is 4. The van der Waals surface area contributed by atoms with E-state index in [4.69, 9.17) is 4.42 Å². The van der Waals surface area contributed by atoms with Crippen molar-refractivity contribution in [1.29, 1.82) is 0 Å². The highest BCUT2D eigenvalue weighted by atomic mass is 16.3. The minimum absolute atomic E-state index is 0.0870. The summed E-state index contributed by atoms with van der Waals surface area (Å²) in [6.07, 6.45) is 4.82. The van der Waals surface area contributed by atoms with Gasteiger partial charge in [-0.15, -0.1) is 0 Å². The Bertz CT molecular complexity index is 1090. The molecule has 2 aromatic carbocycles. The van der Waals surface area contributed by atoms with E-state index in [0.717, 1.165) is 27.7 Å². The van der Waals surface area contributed by atoms with E-state index in [1.54, 1.807) is 24.5 Å². The van der Waals surface area contributed by atoms with E-state index in [1.807, 2.05) is 67.6 Å². The van der Waals surface area contributed by atoms with Crippen LogP contribution in [0.4, 0.5) is 0 Å². The first-order chi connectivity index (χ1) is 12.7. The second kappa shape index (κ2) is 6.81. The maximum atomic E-state index is 13.0. The molecule has 126 valence electrons. The van der Waals surface area contributed by atoms with Crippen LogP contribution in [0.15, 0.2) is 83.5 Å². The van der Waals surface area contributed by atoms with Crippen LogP contribution in [0.1, 0.15) is 21.8 Å². The van der Waals surface area contributed by atoms with Crippen molar-refractivity contribution >= 4 is 22.8 Å². The molecule has 0 bridgehead atoms. The zero-order chi connectivity index (χ0) is 17.9. The summed E-state index contributed by atoms with van der Waals surface area (Å²) < 4.78 is 5.28. The largest absolute Gasteiger partial charge is 0.465 e. The highest BCUT2D eigenvalue weighted by molar-refractivity contribution is 6.15. The van der Waals surface area contributed by atoms with Gasteiger partial charge in [0.15, 0.2) is 5.78 Å². The van der Waals surface area contributed by atoms with Crippen LogP contribution in [0.5, 0.6) is 0 Å². The van der Waals surface area contributed by atoms with E-state index in [9.17, 15) is 4.79 Å². The van der Waals surface area contributed by atoms with Gasteiger partial charge in [-0.25, -0.2) is 0 Å². The molecular weight excluding hydrogens is 322 g/mol. The third-order valence-electron chi connectivity index (χ3n) is 4.32. The molecule has 0 radical (unpaired) electrons. The quantitative estimate of drug-likeness (QED) is 0.354. The molecule has 0 unspecified atom stereocenters. The summed E-state index contributed by atoms with van der Waals surface area (Å²) in [7, 11) is 0. The molecule has 0 aliphatic rings. The lowest BCUT2D eigenvalue weighted by Gasteiger charge is -2.14. The number of ketones is 1. The van der Waals surface area contributed by atoms with Crippen LogP contribution in [-0.4, -0.2) is 10.8 Å². The van der Waals surface area contributed by atoms with Crippen molar-refractivity contribution in [3.63, 3.8) is 0 Å². The molecule has 4 rings (SSSR count). The van der Waals surface area contributed by atoms with E-state index < -0.39 is 0 Å². The predicted molar refractivity (Wildman–Crippen MR) is 104 cm³/mol. The summed E-state index contributed by atoms with van der Waals surface area (Å²) in [6.45, 7) is 1.88. The van der Waals surface area contributed by atoms with Gasteiger partial charge in [0, 0.05) is 16.6 Å². The summed E-state index contributed by atoms with van der Waals surface area (Å²) in [5.74, 6) is 0.557. The number of hydrogen-bond donors (Lipinski definition) is 0. The number of carbonyl (C=O) groups is 1. The van der Waals surface area contributed by atoms with E-state index in [-0.39, 0.29) is 5.78 Å². The van der Waals surface area contributed by atoms with Gasteiger partial charge in [0.05, 0.1) is 17.3 Å². The first-order valence-electron chi connectivity index (χ1n) is 8.45.